The Morgan fingerprint density at radius 2 is 1.80 bits per heavy atom. The number of methoxy groups -OCH3 is 2. The molecule has 0 radical (unpaired) electrons. The number of fused-ring (bicyclic) bond motifs is 1. The van der Waals surface area contributed by atoms with E-state index in [0.29, 0.717) is 33.2 Å². The van der Waals surface area contributed by atoms with E-state index in [9.17, 15) is 9.59 Å². The Morgan fingerprint density at radius 1 is 1.06 bits per heavy atom. The predicted molar refractivity (Wildman–Crippen MR) is 138 cm³/mol. The molecule has 0 aliphatic rings. The van der Waals surface area contributed by atoms with Gasteiger partial charge in [0.25, 0.3) is 11.5 Å². The first kappa shape index (κ1) is 24.0. The lowest BCUT2D eigenvalue weighted by Crippen LogP contribution is -2.24. The van der Waals surface area contributed by atoms with E-state index in [1.807, 2.05) is 43.3 Å². The van der Waals surface area contributed by atoms with E-state index >= 15 is 0 Å². The number of nitrogens with one attached hydrogen (secondary N) is 1. The van der Waals surface area contributed by atoms with Crippen LogP contribution in [0, 0.1) is 6.92 Å². The second-order valence-corrected chi connectivity index (χ2v) is 8.53. The molecule has 0 fully saturated rings. The van der Waals surface area contributed by atoms with Gasteiger partial charge in [-0.2, -0.15) is 5.10 Å². The monoisotopic (exact) mass is 488 g/mol. The standard InChI is InChI=1S/C26H24N4O4S/c1-17-8-11-19(12-9-17)30-25(32)20-6-4-5-7-21(20)28-26(30)35-16-24(31)29-27-15-18-10-13-22(33-2)23(14-18)34-3/h4-15H,16H2,1-3H3,(H,29,31)/b27-15-. The average molecular weight is 489 g/mol. The van der Waals surface area contributed by atoms with Crippen LogP contribution >= 0.6 is 11.8 Å². The van der Waals surface area contributed by atoms with Crippen LogP contribution in [-0.2, 0) is 4.79 Å². The number of aromatic nitrogens is 2. The molecular weight excluding hydrogens is 464 g/mol. The molecule has 0 aliphatic carbocycles. The zero-order chi connectivity index (χ0) is 24.8. The molecule has 1 N–H and O–H groups in total. The molecule has 0 bridgehead atoms. The first-order valence-corrected chi connectivity index (χ1v) is 11.7. The Balaban J connectivity index is 1.52. The van der Waals surface area contributed by atoms with Crippen molar-refractivity contribution in [3.8, 4) is 17.2 Å². The van der Waals surface area contributed by atoms with E-state index in [4.69, 9.17) is 9.47 Å². The summed E-state index contributed by atoms with van der Waals surface area (Å²) >= 11 is 1.17. The molecule has 0 spiro atoms. The Morgan fingerprint density at radius 3 is 2.54 bits per heavy atom. The Kier molecular flexibility index (Phi) is 7.47. The number of carbonyl (C=O) groups is 1. The second kappa shape index (κ2) is 10.9. The van der Waals surface area contributed by atoms with Gasteiger partial charge in [0, 0.05) is 0 Å². The maximum Gasteiger partial charge on any atom is 0.266 e. The summed E-state index contributed by atoms with van der Waals surface area (Å²) in [6, 6.07) is 20.1. The second-order valence-electron chi connectivity index (χ2n) is 7.58. The molecule has 4 aromatic rings. The number of rotatable bonds is 8. The predicted octanol–water partition coefficient (Wildman–Crippen LogP) is 3.95. The quantitative estimate of drug-likeness (QED) is 0.175. The maximum absolute atomic E-state index is 13.3. The van der Waals surface area contributed by atoms with Gasteiger partial charge in [0.1, 0.15) is 0 Å². The van der Waals surface area contributed by atoms with Gasteiger partial charge in [-0.3, -0.25) is 14.2 Å². The number of carbonyl (C=O) groups excluding carboxylic acids is 1. The third kappa shape index (κ3) is 5.52. The Labute approximate surface area is 206 Å². The molecule has 178 valence electrons. The highest BCUT2D eigenvalue weighted by Gasteiger charge is 2.14. The number of ether oxygens (including phenoxy) is 2. The lowest BCUT2D eigenvalue weighted by molar-refractivity contribution is -0.118. The number of para-hydroxylation sites is 1. The minimum absolute atomic E-state index is 0.0277. The molecule has 1 amide bonds. The summed E-state index contributed by atoms with van der Waals surface area (Å²) < 4.78 is 12.0. The van der Waals surface area contributed by atoms with Crippen molar-refractivity contribution in [2.75, 3.05) is 20.0 Å². The van der Waals surface area contributed by atoms with Crippen LogP contribution in [0.1, 0.15) is 11.1 Å². The maximum atomic E-state index is 13.3. The van der Waals surface area contributed by atoms with Crippen molar-refractivity contribution in [1.82, 2.24) is 15.0 Å². The molecule has 8 nitrogen and oxygen atoms in total. The zero-order valence-corrected chi connectivity index (χ0v) is 20.3. The number of hydrazone groups is 1. The van der Waals surface area contributed by atoms with Gasteiger partial charge in [0.15, 0.2) is 16.7 Å². The van der Waals surface area contributed by atoms with E-state index in [2.05, 4.69) is 15.5 Å². The van der Waals surface area contributed by atoms with Crippen LogP contribution in [0.5, 0.6) is 11.5 Å². The number of amides is 1. The molecule has 9 heteroatoms. The van der Waals surface area contributed by atoms with Gasteiger partial charge in [-0.05, 0) is 55.0 Å². The van der Waals surface area contributed by atoms with Gasteiger partial charge >= 0.3 is 0 Å². The molecule has 0 aliphatic heterocycles. The zero-order valence-electron chi connectivity index (χ0n) is 19.5. The smallest absolute Gasteiger partial charge is 0.266 e. The highest BCUT2D eigenvalue weighted by atomic mass is 32.2. The molecule has 1 aromatic heterocycles. The molecule has 0 unspecified atom stereocenters. The van der Waals surface area contributed by atoms with Crippen LogP contribution in [0.3, 0.4) is 0 Å². The fraction of sp³-hybridized carbons (Fsp3) is 0.154. The lowest BCUT2D eigenvalue weighted by atomic mass is 10.2. The van der Waals surface area contributed by atoms with E-state index < -0.39 is 0 Å². The summed E-state index contributed by atoms with van der Waals surface area (Å²) in [5, 5.41) is 4.96. The van der Waals surface area contributed by atoms with Crippen molar-refractivity contribution in [3.05, 3.63) is 88.2 Å². The van der Waals surface area contributed by atoms with Gasteiger partial charge in [0.2, 0.25) is 0 Å². The fourth-order valence-corrected chi connectivity index (χ4v) is 4.21. The van der Waals surface area contributed by atoms with E-state index in [-0.39, 0.29) is 17.2 Å². The normalized spacial score (nSPS) is 11.1. The highest BCUT2D eigenvalue weighted by molar-refractivity contribution is 7.99. The highest BCUT2D eigenvalue weighted by Crippen LogP contribution is 2.27. The van der Waals surface area contributed by atoms with Crippen molar-refractivity contribution >= 4 is 34.8 Å². The first-order chi connectivity index (χ1) is 17.0. The topological polar surface area (TPSA) is 94.8 Å². The van der Waals surface area contributed by atoms with Crippen LogP contribution in [0.15, 0.2) is 81.8 Å². The summed E-state index contributed by atoms with van der Waals surface area (Å²) in [5.74, 6) is 0.867. The Hall–Kier alpha value is -4.11. The van der Waals surface area contributed by atoms with Crippen LogP contribution in [-0.4, -0.2) is 41.6 Å². The first-order valence-electron chi connectivity index (χ1n) is 10.8. The van der Waals surface area contributed by atoms with Gasteiger partial charge in [-0.1, -0.05) is 41.6 Å². The Bertz CT molecular complexity index is 1450. The SMILES string of the molecule is COc1ccc(/C=N\NC(=O)CSc2nc3ccccc3c(=O)n2-c2ccc(C)cc2)cc1OC. The number of benzene rings is 3. The van der Waals surface area contributed by atoms with Crippen molar-refractivity contribution in [1.29, 1.82) is 0 Å². The van der Waals surface area contributed by atoms with Crippen LogP contribution in [0.25, 0.3) is 16.6 Å². The molecule has 0 saturated heterocycles. The van der Waals surface area contributed by atoms with E-state index in [0.717, 1.165) is 11.1 Å². The number of thioether (sulfide) groups is 1. The molecular formula is C26H24N4O4S. The average Bonchev–Trinajstić information content (AvgIpc) is 2.88. The summed E-state index contributed by atoms with van der Waals surface area (Å²) in [5.41, 5.74) is 5.41. The fourth-order valence-electron chi connectivity index (χ4n) is 3.40. The third-order valence-corrected chi connectivity index (χ3v) is 6.12. The van der Waals surface area contributed by atoms with Gasteiger partial charge < -0.3 is 9.47 Å². The van der Waals surface area contributed by atoms with Gasteiger partial charge in [0.05, 0.1) is 42.8 Å². The summed E-state index contributed by atoms with van der Waals surface area (Å²) in [7, 11) is 3.11. The van der Waals surface area contributed by atoms with Crippen molar-refractivity contribution in [3.63, 3.8) is 0 Å². The van der Waals surface area contributed by atoms with Crippen LogP contribution in [0.2, 0.25) is 0 Å². The van der Waals surface area contributed by atoms with Crippen LogP contribution in [0.4, 0.5) is 0 Å². The van der Waals surface area contributed by atoms with Gasteiger partial charge in [-0.25, -0.2) is 10.4 Å². The van der Waals surface area contributed by atoms with Crippen molar-refractivity contribution < 1.29 is 14.3 Å². The molecule has 0 atom stereocenters. The molecule has 3 aromatic carbocycles. The number of nitrogens with zero attached hydrogens (tertiary/aromatic N) is 3. The molecule has 0 saturated carbocycles. The number of hydrogen-bond donors (Lipinski definition) is 1. The van der Waals surface area contributed by atoms with Crippen molar-refractivity contribution in [2.24, 2.45) is 5.10 Å². The minimum Gasteiger partial charge on any atom is -0.493 e. The molecule has 1 heterocycles. The third-order valence-electron chi connectivity index (χ3n) is 5.18. The summed E-state index contributed by atoms with van der Waals surface area (Å²) in [4.78, 5) is 30.4. The molecule has 35 heavy (non-hydrogen) atoms. The molecule has 4 rings (SSSR count). The minimum atomic E-state index is -0.329. The lowest BCUT2D eigenvalue weighted by Gasteiger charge is -2.13. The van der Waals surface area contributed by atoms with Crippen LogP contribution < -0.4 is 20.5 Å². The summed E-state index contributed by atoms with van der Waals surface area (Å²) in [6.45, 7) is 1.98. The van der Waals surface area contributed by atoms with E-state index in [1.165, 1.54) is 22.5 Å². The summed E-state index contributed by atoms with van der Waals surface area (Å²) in [6.07, 6.45) is 1.51. The number of hydrogen-bond acceptors (Lipinski definition) is 7. The van der Waals surface area contributed by atoms with Crippen molar-refractivity contribution in [2.45, 2.75) is 12.1 Å². The van der Waals surface area contributed by atoms with E-state index in [1.54, 1.807) is 44.6 Å². The number of aryl methyl sites for hydroxylation is 1. The van der Waals surface area contributed by atoms with Gasteiger partial charge in [-0.15, -0.1) is 0 Å². The largest absolute Gasteiger partial charge is 0.493 e.